The summed E-state index contributed by atoms with van der Waals surface area (Å²) in [5.74, 6) is 0.243. The summed E-state index contributed by atoms with van der Waals surface area (Å²) in [6, 6.07) is 0. The van der Waals surface area contributed by atoms with E-state index in [2.05, 4.69) is 11.9 Å². The molecule has 0 radical (unpaired) electrons. The van der Waals surface area contributed by atoms with Gasteiger partial charge in [-0.1, -0.05) is 13.3 Å². The van der Waals surface area contributed by atoms with Crippen LogP contribution in [0.25, 0.3) is 0 Å². The molecule has 4 heteroatoms. The Labute approximate surface area is 101 Å². The van der Waals surface area contributed by atoms with Crippen molar-refractivity contribution in [3.05, 3.63) is 15.6 Å². The lowest BCUT2D eigenvalue weighted by molar-refractivity contribution is -0.122. The number of carbonyl (C=O) groups excluding carboxylic acids is 1. The predicted molar refractivity (Wildman–Crippen MR) is 67.8 cm³/mol. The molecule has 1 rings (SSSR count). The molecular weight excluding hydrogens is 220 g/mol. The maximum Gasteiger partial charge on any atom is 0.144 e. The second-order valence-corrected chi connectivity index (χ2v) is 5.40. The summed E-state index contributed by atoms with van der Waals surface area (Å²) in [7, 11) is 0. The van der Waals surface area contributed by atoms with Crippen molar-refractivity contribution in [1.29, 1.82) is 0 Å². The zero-order valence-electron chi connectivity index (χ0n) is 10.2. The molecule has 0 aliphatic rings. The molecule has 0 saturated carbocycles. The van der Waals surface area contributed by atoms with Crippen LogP contribution in [-0.2, 0) is 11.2 Å². The molecule has 2 N–H and O–H groups in total. The number of Topliss-reactive ketones (excluding diaryl/α,β-unsaturated/α-hetero) is 1. The second kappa shape index (κ2) is 6.11. The number of hydrogen-bond donors (Lipinski definition) is 1. The Hall–Kier alpha value is -0.740. The number of nitrogens with zero attached hydrogens (tertiary/aromatic N) is 1. The standard InChI is InChI=1S/C12H20N2OS/c1-4-5-10(7-13)11(15)6-12-14-8(2)9(3)16-12/h10H,4-7,13H2,1-3H3. The predicted octanol–water partition coefficient (Wildman–Crippen LogP) is 2.25. The van der Waals surface area contributed by atoms with Crippen LogP contribution in [0.1, 0.15) is 35.3 Å². The van der Waals surface area contributed by atoms with Crippen molar-refractivity contribution < 1.29 is 4.79 Å². The Morgan fingerprint density at radius 3 is 2.62 bits per heavy atom. The number of nitrogens with two attached hydrogens (primary N) is 1. The summed E-state index contributed by atoms with van der Waals surface area (Å²) in [5, 5.41) is 0.926. The van der Waals surface area contributed by atoms with Crippen molar-refractivity contribution in [3.63, 3.8) is 0 Å². The lowest BCUT2D eigenvalue weighted by Gasteiger charge is -2.10. The quantitative estimate of drug-likeness (QED) is 0.829. The molecule has 90 valence electrons. The molecule has 3 nitrogen and oxygen atoms in total. The maximum absolute atomic E-state index is 11.9. The minimum Gasteiger partial charge on any atom is -0.330 e. The van der Waals surface area contributed by atoms with E-state index in [0.29, 0.717) is 13.0 Å². The van der Waals surface area contributed by atoms with E-state index in [4.69, 9.17) is 5.73 Å². The van der Waals surface area contributed by atoms with E-state index in [1.54, 1.807) is 11.3 Å². The fraction of sp³-hybridized carbons (Fsp3) is 0.667. The third kappa shape index (κ3) is 3.39. The Morgan fingerprint density at radius 2 is 2.19 bits per heavy atom. The molecule has 0 aliphatic heterocycles. The fourth-order valence-electron chi connectivity index (χ4n) is 1.67. The van der Waals surface area contributed by atoms with Crippen LogP contribution in [0, 0.1) is 19.8 Å². The molecule has 0 amide bonds. The highest BCUT2D eigenvalue weighted by molar-refractivity contribution is 7.11. The largest absolute Gasteiger partial charge is 0.330 e. The monoisotopic (exact) mass is 240 g/mol. The van der Waals surface area contributed by atoms with Gasteiger partial charge in [-0.05, 0) is 20.3 Å². The number of ketones is 1. The van der Waals surface area contributed by atoms with Gasteiger partial charge in [-0.15, -0.1) is 11.3 Å². The summed E-state index contributed by atoms with van der Waals surface area (Å²) in [6.07, 6.45) is 2.34. The molecule has 1 atom stereocenters. The Balaban J connectivity index is 2.62. The van der Waals surface area contributed by atoms with Gasteiger partial charge >= 0.3 is 0 Å². The minimum atomic E-state index is 0.00881. The molecule has 0 aromatic carbocycles. The molecule has 0 saturated heterocycles. The Bertz CT molecular complexity index is 340. The summed E-state index contributed by atoms with van der Waals surface area (Å²) in [6.45, 7) is 6.54. The number of aryl methyl sites for hydroxylation is 2. The van der Waals surface area contributed by atoms with Gasteiger partial charge in [-0.2, -0.15) is 0 Å². The second-order valence-electron chi connectivity index (χ2n) is 4.11. The third-order valence-electron chi connectivity index (χ3n) is 2.78. The van der Waals surface area contributed by atoms with E-state index in [0.717, 1.165) is 23.5 Å². The number of carbonyl (C=O) groups is 1. The highest BCUT2D eigenvalue weighted by atomic mass is 32.1. The summed E-state index contributed by atoms with van der Waals surface area (Å²) in [5.41, 5.74) is 6.65. The first-order chi connectivity index (χ1) is 7.58. The number of rotatable bonds is 6. The SMILES string of the molecule is CCCC(CN)C(=O)Cc1nc(C)c(C)s1. The molecular formula is C12H20N2OS. The van der Waals surface area contributed by atoms with E-state index in [1.807, 2.05) is 13.8 Å². The third-order valence-corrected chi connectivity index (χ3v) is 3.85. The molecule has 0 aliphatic carbocycles. The van der Waals surface area contributed by atoms with Crippen molar-refractivity contribution in [1.82, 2.24) is 4.98 Å². The Kier molecular flexibility index (Phi) is 5.09. The van der Waals surface area contributed by atoms with Crippen LogP contribution in [0.5, 0.6) is 0 Å². The first kappa shape index (κ1) is 13.3. The van der Waals surface area contributed by atoms with Crippen LogP contribution in [-0.4, -0.2) is 17.3 Å². The summed E-state index contributed by atoms with van der Waals surface area (Å²) < 4.78 is 0. The Morgan fingerprint density at radius 1 is 1.50 bits per heavy atom. The number of hydrogen-bond acceptors (Lipinski definition) is 4. The van der Waals surface area contributed by atoms with Crippen molar-refractivity contribution in [2.75, 3.05) is 6.54 Å². The van der Waals surface area contributed by atoms with Crippen LogP contribution >= 0.6 is 11.3 Å². The van der Waals surface area contributed by atoms with Gasteiger partial charge in [0.1, 0.15) is 10.8 Å². The van der Waals surface area contributed by atoms with E-state index >= 15 is 0 Å². The minimum absolute atomic E-state index is 0.00881. The smallest absolute Gasteiger partial charge is 0.144 e. The molecule has 1 aromatic heterocycles. The lowest BCUT2D eigenvalue weighted by atomic mass is 9.97. The molecule has 1 unspecified atom stereocenters. The van der Waals surface area contributed by atoms with Gasteiger partial charge in [0.05, 0.1) is 12.1 Å². The van der Waals surface area contributed by atoms with Crippen LogP contribution in [0.3, 0.4) is 0 Å². The molecule has 1 heterocycles. The van der Waals surface area contributed by atoms with Crippen molar-refractivity contribution in [2.24, 2.45) is 11.7 Å². The molecule has 0 spiro atoms. The molecule has 0 bridgehead atoms. The number of thiazole rings is 1. The molecule has 16 heavy (non-hydrogen) atoms. The lowest BCUT2D eigenvalue weighted by Crippen LogP contribution is -2.25. The molecule has 1 aromatic rings. The highest BCUT2D eigenvalue weighted by Gasteiger charge is 2.17. The van der Waals surface area contributed by atoms with E-state index in [-0.39, 0.29) is 11.7 Å². The fourth-order valence-corrected chi connectivity index (χ4v) is 2.61. The van der Waals surface area contributed by atoms with Gasteiger partial charge < -0.3 is 5.73 Å². The van der Waals surface area contributed by atoms with Crippen LogP contribution < -0.4 is 5.73 Å². The first-order valence-corrected chi connectivity index (χ1v) is 6.55. The topological polar surface area (TPSA) is 56.0 Å². The van der Waals surface area contributed by atoms with Crippen LogP contribution in [0.2, 0.25) is 0 Å². The van der Waals surface area contributed by atoms with Gasteiger partial charge in [0.15, 0.2) is 0 Å². The maximum atomic E-state index is 11.9. The van der Waals surface area contributed by atoms with Crippen LogP contribution in [0.15, 0.2) is 0 Å². The summed E-state index contributed by atoms with van der Waals surface area (Å²) in [4.78, 5) is 17.5. The van der Waals surface area contributed by atoms with Gasteiger partial charge in [0.2, 0.25) is 0 Å². The normalized spacial score (nSPS) is 12.8. The van der Waals surface area contributed by atoms with Crippen molar-refractivity contribution in [3.8, 4) is 0 Å². The van der Waals surface area contributed by atoms with Crippen molar-refractivity contribution in [2.45, 2.75) is 40.0 Å². The van der Waals surface area contributed by atoms with Gasteiger partial charge in [-0.3, -0.25) is 4.79 Å². The van der Waals surface area contributed by atoms with Gasteiger partial charge in [-0.25, -0.2) is 4.98 Å². The first-order valence-electron chi connectivity index (χ1n) is 5.74. The van der Waals surface area contributed by atoms with Gasteiger partial charge in [0.25, 0.3) is 0 Å². The molecule has 0 fully saturated rings. The highest BCUT2D eigenvalue weighted by Crippen LogP contribution is 2.19. The van der Waals surface area contributed by atoms with Crippen LogP contribution in [0.4, 0.5) is 0 Å². The van der Waals surface area contributed by atoms with E-state index in [9.17, 15) is 4.79 Å². The van der Waals surface area contributed by atoms with Gasteiger partial charge in [0, 0.05) is 17.3 Å². The summed E-state index contributed by atoms with van der Waals surface area (Å²) >= 11 is 1.62. The average Bonchev–Trinajstić information content (AvgIpc) is 2.54. The average molecular weight is 240 g/mol. The van der Waals surface area contributed by atoms with E-state index < -0.39 is 0 Å². The zero-order valence-corrected chi connectivity index (χ0v) is 11.1. The number of aromatic nitrogens is 1. The van der Waals surface area contributed by atoms with Crippen molar-refractivity contribution >= 4 is 17.1 Å². The zero-order chi connectivity index (χ0) is 12.1. The van der Waals surface area contributed by atoms with E-state index in [1.165, 1.54) is 4.88 Å².